The summed E-state index contributed by atoms with van der Waals surface area (Å²) in [6, 6.07) is 1.86. The molecular formula is C11H21N3O. The zero-order chi connectivity index (χ0) is 11.3. The van der Waals surface area contributed by atoms with Crippen LogP contribution >= 0.6 is 0 Å². The first kappa shape index (κ1) is 12.2. The summed E-state index contributed by atoms with van der Waals surface area (Å²) in [4.78, 5) is 0. The van der Waals surface area contributed by atoms with Crippen LogP contribution in [0.5, 0.6) is 0 Å². The van der Waals surface area contributed by atoms with E-state index in [1.54, 1.807) is 10.9 Å². The maximum atomic E-state index is 9.76. The summed E-state index contributed by atoms with van der Waals surface area (Å²) in [5, 5.41) is 17.1. The molecule has 1 unspecified atom stereocenters. The summed E-state index contributed by atoms with van der Waals surface area (Å²) < 4.78 is 1.74. The Bertz CT molecular complexity index is 269. The van der Waals surface area contributed by atoms with Gasteiger partial charge in [0.05, 0.1) is 12.6 Å². The number of hydrogen-bond acceptors (Lipinski definition) is 3. The number of β-amino-alcohol motifs (C(OH)–C–C–N with tert-alkyl or cyclic N) is 1. The van der Waals surface area contributed by atoms with Crippen LogP contribution in [-0.2, 0) is 6.54 Å². The van der Waals surface area contributed by atoms with Crippen LogP contribution in [0, 0.1) is 0 Å². The summed E-state index contributed by atoms with van der Waals surface area (Å²) in [7, 11) is 0. The maximum absolute atomic E-state index is 9.76. The van der Waals surface area contributed by atoms with Crippen molar-refractivity contribution >= 4 is 0 Å². The summed E-state index contributed by atoms with van der Waals surface area (Å²) in [6.07, 6.45) is 4.22. The zero-order valence-corrected chi connectivity index (χ0v) is 9.77. The Labute approximate surface area is 91.3 Å². The second kappa shape index (κ2) is 5.28. The molecule has 0 fully saturated rings. The Kier molecular flexibility index (Phi) is 4.29. The number of aromatic nitrogens is 2. The number of nitrogens with one attached hydrogen (secondary N) is 1. The van der Waals surface area contributed by atoms with Crippen LogP contribution in [0.25, 0.3) is 0 Å². The van der Waals surface area contributed by atoms with Gasteiger partial charge < -0.3 is 10.4 Å². The number of rotatable bonds is 6. The van der Waals surface area contributed by atoms with E-state index in [1.165, 1.54) is 0 Å². The molecule has 2 N–H and O–H groups in total. The molecule has 0 aliphatic carbocycles. The molecule has 0 amide bonds. The van der Waals surface area contributed by atoms with E-state index in [9.17, 15) is 5.11 Å². The van der Waals surface area contributed by atoms with Crippen LogP contribution in [0.3, 0.4) is 0 Å². The highest BCUT2D eigenvalue weighted by Crippen LogP contribution is 2.06. The summed E-state index contributed by atoms with van der Waals surface area (Å²) in [5.41, 5.74) is 0.0884. The average Bonchev–Trinajstić information content (AvgIpc) is 2.68. The minimum Gasteiger partial charge on any atom is -0.390 e. The molecule has 15 heavy (non-hydrogen) atoms. The lowest BCUT2D eigenvalue weighted by Crippen LogP contribution is -2.43. The molecular weight excluding hydrogens is 190 g/mol. The van der Waals surface area contributed by atoms with Gasteiger partial charge in [0.1, 0.15) is 0 Å². The van der Waals surface area contributed by atoms with E-state index in [4.69, 9.17) is 0 Å². The third kappa shape index (κ3) is 4.44. The topological polar surface area (TPSA) is 50.1 Å². The van der Waals surface area contributed by atoms with Gasteiger partial charge in [-0.2, -0.15) is 5.10 Å². The van der Waals surface area contributed by atoms with Gasteiger partial charge in [-0.25, -0.2) is 0 Å². The van der Waals surface area contributed by atoms with Crippen LogP contribution in [0.2, 0.25) is 0 Å². The minimum atomic E-state index is -0.393. The fraction of sp³-hybridized carbons (Fsp3) is 0.727. The van der Waals surface area contributed by atoms with Gasteiger partial charge in [0, 0.05) is 24.5 Å². The van der Waals surface area contributed by atoms with E-state index in [1.807, 2.05) is 12.3 Å². The fourth-order valence-corrected chi connectivity index (χ4v) is 1.21. The average molecular weight is 211 g/mol. The van der Waals surface area contributed by atoms with Crippen molar-refractivity contribution in [2.75, 3.05) is 6.54 Å². The monoisotopic (exact) mass is 211 g/mol. The molecule has 1 heterocycles. The quantitative estimate of drug-likeness (QED) is 0.738. The highest BCUT2D eigenvalue weighted by Gasteiger charge is 2.15. The Balaban J connectivity index is 2.28. The van der Waals surface area contributed by atoms with E-state index in [-0.39, 0.29) is 5.54 Å². The molecule has 4 heteroatoms. The van der Waals surface area contributed by atoms with Crippen molar-refractivity contribution in [3.63, 3.8) is 0 Å². The molecule has 1 aromatic rings. The van der Waals surface area contributed by atoms with Crippen LogP contribution in [0.1, 0.15) is 27.2 Å². The molecule has 0 aliphatic rings. The fourth-order valence-electron chi connectivity index (χ4n) is 1.21. The van der Waals surface area contributed by atoms with Crippen molar-refractivity contribution in [2.45, 2.75) is 45.4 Å². The Morgan fingerprint density at radius 2 is 2.27 bits per heavy atom. The van der Waals surface area contributed by atoms with E-state index < -0.39 is 6.10 Å². The predicted octanol–water partition coefficient (Wildman–Crippen LogP) is 1.02. The molecule has 0 spiro atoms. The summed E-state index contributed by atoms with van der Waals surface area (Å²) >= 11 is 0. The predicted molar refractivity (Wildman–Crippen MR) is 60.6 cm³/mol. The lowest BCUT2D eigenvalue weighted by Gasteiger charge is -2.26. The third-order valence-electron chi connectivity index (χ3n) is 2.66. The molecule has 0 aromatic carbocycles. The maximum Gasteiger partial charge on any atom is 0.0860 e. The highest BCUT2D eigenvalue weighted by molar-refractivity contribution is 4.80. The van der Waals surface area contributed by atoms with Gasteiger partial charge in [-0.3, -0.25) is 4.68 Å². The van der Waals surface area contributed by atoms with Gasteiger partial charge >= 0.3 is 0 Å². The third-order valence-corrected chi connectivity index (χ3v) is 2.66. The first-order valence-corrected chi connectivity index (χ1v) is 5.44. The van der Waals surface area contributed by atoms with Crippen LogP contribution in [-0.4, -0.2) is 33.1 Å². The van der Waals surface area contributed by atoms with Gasteiger partial charge in [-0.05, 0) is 26.3 Å². The smallest absolute Gasteiger partial charge is 0.0860 e. The lowest BCUT2D eigenvalue weighted by molar-refractivity contribution is 0.135. The van der Waals surface area contributed by atoms with Gasteiger partial charge in [0.2, 0.25) is 0 Å². The Morgan fingerprint density at radius 1 is 1.53 bits per heavy atom. The minimum absolute atomic E-state index is 0.0884. The lowest BCUT2D eigenvalue weighted by atomic mass is 10.0. The summed E-state index contributed by atoms with van der Waals surface area (Å²) in [5.74, 6) is 0. The van der Waals surface area contributed by atoms with Crippen molar-refractivity contribution in [3.05, 3.63) is 18.5 Å². The second-order valence-electron chi connectivity index (χ2n) is 4.50. The van der Waals surface area contributed by atoms with Crippen LogP contribution in [0.15, 0.2) is 18.5 Å². The molecule has 4 nitrogen and oxygen atoms in total. The molecule has 0 bridgehead atoms. The standard InChI is InChI=1S/C11H21N3O/c1-4-11(2,3)12-8-10(15)9-14-7-5-6-13-14/h5-7,10,12,15H,4,8-9H2,1-3H3. The summed E-state index contributed by atoms with van der Waals surface area (Å²) in [6.45, 7) is 7.54. The molecule has 1 aromatic heterocycles. The molecule has 0 saturated heterocycles. The van der Waals surface area contributed by atoms with Gasteiger partial charge in [0.15, 0.2) is 0 Å². The van der Waals surface area contributed by atoms with E-state index in [0.717, 1.165) is 6.42 Å². The zero-order valence-electron chi connectivity index (χ0n) is 9.77. The van der Waals surface area contributed by atoms with Crippen molar-refractivity contribution in [1.82, 2.24) is 15.1 Å². The van der Waals surface area contributed by atoms with E-state index >= 15 is 0 Å². The van der Waals surface area contributed by atoms with Gasteiger partial charge in [-0.1, -0.05) is 6.92 Å². The molecule has 86 valence electrons. The number of hydrogen-bond donors (Lipinski definition) is 2. The van der Waals surface area contributed by atoms with Crippen LogP contribution < -0.4 is 5.32 Å². The van der Waals surface area contributed by atoms with Crippen molar-refractivity contribution in [3.8, 4) is 0 Å². The normalized spacial score (nSPS) is 14.1. The highest BCUT2D eigenvalue weighted by atomic mass is 16.3. The number of aliphatic hydroxyl groups is 1. The molecule has 0 aliphatic heterocycles. The SMILES string of the molecule is CCC(C)(C)NCC(O)Cn1cccn1. The first-order chi connectivity index (χ1) is 7.03. The molecule has 1 atom stereocenters. The molecule has 0 saturated carbocycles. The van der Waals surface area contributed by atoms with E-state index in [2.05, 4.69) is 31.2 Å². The largest absolute Gasteiger partial charge is 0.390 e. The molecule has 1 rings (SSSR count). The van der Waals surface area contributed by atoms with E-state index in [0.29, 0.717) is 13.1 Å². The number of nitrogens with zero attached hydrogens (tertiary/aromatic N) is 2. The van der Waals surface area contributed by atoms with Crippen molar-refractivity contribution in [1.29, 1.82) is 0 Å². The Hall–Kier alpha value is -0.870. The molecule has 0 radical (unpaired) electrons. The second-order valence-corrected chi connectivity index (χ2v) is 4.50. The van der Waals surface area contributed by atoms with Crippen molar-refractivity contribution in [2.24, 2.45) is 0 Å². The van der Waals surface area contributed by atoms with Crippen LogP contribution in [0.4, 0.5) is 0 Å². The Morgan fingerprint density at radius 3 is 2.80 bits per heavy atom. The first-order valence-electron chi connectivity index (χ1n) is 5.44. The number of aliphatic hydroxyl groups excluding tert-OH is 1. The van der Waals surface area contributed by atoms with Gasteiger partial charge in [0.25, 0.3) is 0 Å². The van der Waals surface area contributed by atoms with Gasteiger partial charge in [-0.15, -0.1) is 0 Å². The van der Waals surface area contributed by atoms with Crippen molar-refractivity contribution < 1.29 is 5.11 Å².